The summed E-state index contributed by atoms with van der Waals surface area (Å²) in [6, 6.07) is 18.6. The topological polar surface area (TPSA) is 72.0 Å². The number of thiophene rings is 1. The molecule has 0 aliphatic heterocycles. The van der Waals surface area contributed by atoms with Gasteiger partial charge >= 0.3 is 0 Å². The van der Waals surface area contributed by atoms with Crippen molar-refractivity contribution in [1.82, 2.24) is 9.97 Å². The number of rotatable bonds is 3. The lowest BCUT2D eigenvalue weighted by atomic mass is 9.84. The van der Waals surface area contributed by atoms with E-state index in [9.17, 15) is 9.59 Å². The number of hydrogen-bond donors (Lipinski definition) is 1. The molecule has 0 saturated heterocycles. The van der Waals surface area contributed by atoms with Gasteiger partial charge in [-0.05, 0) is 43.2 Å². The number of anilines is 2. The number of benzene rings is 3. The van der Waals surface area contributed by atoms with Crippen LogP contribution in [-0.4, -0.2) is 21.5 Å². The van der Waals surface area contributed by atoms with Crippen molar-refractivity contribution in [2.24, 2.45) is 0 Å². The van der Waals surface area contributed by atoms with Crippen molar-refractivity contribution in [2.45, 2.75) is 13.8 Å². The van der Waals surface area contributed by atoms with Crippen molar-refractivity contribution < 1.29 is 9.59 Å². The number of hydrogen-bond acceptors (Lipinski definition) is 6. The van der Waals surface area contributed by atoms with Gasteiger partial charge in [-0.15, -0.1) is 11.3 Å². The van der Waals surface area contributed by atoms with Gasteiger partial charge in [0.05, 0.1) is 5.39 Å². The van der Waals surface area contributed by atoms with Crippen LogP contribution < -0.4 is 5.32 Å². The Kier molecular flexibility index (Phi) is 4.64. The molecule has 0 saturated carbocycles. The third-order valence-electron chi connectivity index (χ3n) is 6.23. The van der Waals surface area contributed by atoms with Crippen LogP contribution in [0.2, 0.25) is 0 Å². The molecule has 6 heteroatoms. The van der Waals surface area contributed by atoms with E-state index in [-0.39, 0.29) is 11.6 Å². The number of nitrogens with one attached hydrogen (secondary N) is 1. The third-order valence-corrected chi connectivity index (χ3v) is 7.12. The Morgan fingerprint density at radius 1 is 0.735 bits per heavy atom. The predicted octanol–water partition coefficient (Wildman–Crippen LogP) is 6.49. The summed E-state index contributed by atoms with van der Waals surface area (Å²) in [5.41, 5.74) is 7.02. The number of carbonyl (C=O) groups is 2. The first kappa shape index (κ1) is 20.4. The monoisotopic (exact) mass is 461 g/mol. The minimum Gasteiger partial charge on any atom is -0.340 e. The second-order valence-electron chi connectivity index (χ2n) is 8.46. The van der Waals surface area contributed by atoms with Crippen molar-refractivity contribution in [3.05, 3.63) is 106 Å². The Morgan fingerprint density at radius 3 is 2.21 bits per heavy atom. The maximum atomic E-state index is 13.1. The predicted molar refractivity (Wildman–Crippen MR) is 135 cm³/mol. The average Bonchev–Trinajstić information content (AvgIpc) is 3.27. The van der Waals surface area contributed by atoms with Crippen LogP contribution >= 0.6 is 11.3 Å². The summed E-state index contributed by atoms with van der Waals surface area (Å²) < 4.78 is 0. The Bertz CT molecular complexity index is 1650. The zero-order valence-electron chi connectivity index (χ0n) is 18.5. The fraction of sp³-hybridized carbons (Fsp3) is 0.0714. The van der Waals surface area contributed by atoms with Crippen molar-refractivity contribution in [3.8, 4) is 11.1 Å². The highest BCUT2D eigenvalue weighted by Gasteiger charge is 2.29. The highest BCUT2D eigenvalue weighted by atomic mass is 32.1. The summed E-state index contributed by atoms with van der Waals surface area (Å²) in [6.45, 7) is 4.19. The molecule has 5 aromatic rings. The van der Waals surface area contributed by atoms with Gasteiger partial charge in [-0.3, -0.25) is 9.59 Å². The van der Waals surface area contributed by atoms with Crippen LogP contribution in [0.25, 0.3) is 21.3 Å². The van der Waals surface area contributed by atoms with Gasteiger partial charge in [0, 0.05) is 38.9 Å². The van der Waals surface area contributed by atoms with Crippen LogP contribution in [0.4, 0.5) is 11.5 Å². The molecular weight excluding hydrogens is 442 g/mol. The molecule has 1 N–H and O–H groups in total. The Labute approximate surface area is 200 Å². The molecule has 0 unspecified atom stereocenters. The molecule has 6 rings (SSSR count). The van der Waals surface area contributed by atoms with Crippen molar-refractivity contribution >= 4 is 44.6 Å². The number of aryl methyl sites for hydroxylation is 2. The second kappa shape index (κ2) is 7.71. The van der Waals surface area contributed by atoms with Gasteiger partial charge in [0.1, 0.15) is 17.0 Å². The third kappa shape index (κ3) is 3.15. The van der Waals surface area contributed by atoms with Gasteiger partial charge in [0.25, 0.3) is 0 Å². The van der Waals surface area contributed by atoms with Gasteiger partial charge in [-0.2, -0.15) is 0 Å². The smallest absolute Gasteiger partial charge is 0.194 e. The molecular formula is C28H19N3O2S. The molecule has 0 amide bonds. The van der Waals surface area contributed by atoms with Crippen molar-refractivity contribution in [1.29, 1.82) is 0 Å². The summed E-state index contributed by atoms with van der Waals surface area (Å²) in [6.07, 6.45) is 1.54. The quantitative estimate of drug-likeness (QED) is 0.326. The molecule has 0 atom stereocenters. The Balaban J connectivity index is 1.44. The molecule has 3 aromatic carbocycles. The lowest BCUT2D eigenvalue weighted by Gasteiger charge is -2.18. The Morgan fingerprint density at radius 2 is 1.44 bits per heavy atom. The molecule has 2 heterocycles. The largest absolute Gasteiger partial charge is 0.340 e. The van der Waals surface area contributed by atoms with Gasteiger partial charge in [-0.25, -0.2) is 9.97 Å². The van der Waals surface area contributed by atoms with Crippen LogP contribution in [0.1, 0.15) is 43.0 Å². The van der Waals surface area contributed by atoms with Crippen molar-refractivity contribution in [3.63, 3.8) is 0 Å². The average molecular weight is 462 g/mol. The van der Waals surface area contributed by atoms with Crippen LogP contribution in [-0.2, 0) is 0 Å². The van der Waals surface area contributed by atoms with E-state index in [1.807, 2.05) is 6.07 Å². The molecule has 0 spiro atoms. The molecule has 164 valence electrons. The maximum Gasteiger partial charge on any atom is 0.194 e. The fourth-order valence-corrected chi connectivity index (χ4v) is 5.50. The van der Waals surface area contributed by atoms with E-state index in [2.05, 4.69) is 52.7 Å². The number of aromatic nitrogens is 2. The standard InChI is InChI=1S/C28H19N3O2S/c1-15-7-9-18(16(2)11-15)23-13-34-28-24(23)27(29-14-30-28)31-17-8-10-21-22(12-17)26(33)20-6-4-3-5-19(20)25(21)32/h3-14H,1-2H3,(H,29,30,31). The SMILES string of the molecule is Cc1ccc(-c2csc3ncnc(Nc4ccc5c(c4)C(=O)c4ccccc4C5=O)c23)c(C)c1. The fourth-order valence-electron chi connectivity index (χ4n) is 4.60. The molecule has 1 aliphatic carbocycles. The summed E-state index contributed by atoms with van der Waals surface area (Å²) in [4.78, 5) is 35.9. The lowest BCUT2D eigenvalue weighted by molar-refractivity contribution is 0.0979. The summed E-state index contributed by atoms with van der Waals surface area (Å²) in [7, 11) is 0. The number of ketones is 2. The first-order chi connectivity index (χ1) is 16.5. The number of carbonyl (C=O) groups excluding carboxylic acids is 2. The molecule has 1 aliphatic rings. The molecule has 0 bridgehead atoms. The van der Waals surface area contributed by atoms with E-state index < -0.39 is 0 Å². The first-order valence-electron chi connectivity index (χ1n) is 10.9. The Hall–Kier alpha value is -4.16. The van der Waals surface area contributed by atoms with Gasteiger partial charge < -0.3 is 5.32 Å². The molecule has 2 aromatic heterocycles. The van der Waals surface area contributed by atoms with Crippen molar-refractivity contribution in [2.75, 3.05) is 5.32 Å². The molecule has 0 fully saturated rings. The normalized spacial score (nSPS) is 12.5. The van der Waals surface area contributed by atoms with Crippen LogP contribution in [0.3, 0.4) is 0 Å². The summed E-state index contributed by atoms with van der Waals surface area (Å²) >= 11 is 1.57. The number of nitrogens with zero attached hydrogens (tertiary/aromatic N) is 2. The summed E-state index contributed by atoms with van der Waals surface area (Å²) in [5.74, 6) is 0.389. The first-order valence-corrected chi connectivity index (χ1v) is 11.8. The van der Waals surface area contributed by atoms with E-state index in [1.54, 1.807) is 47.7 Å². The van der Waals surface area contributed by atoms with E-state index >= 15 is 0 Å². The highest BCUT2D eigenvalue weighted by Crippen LogP contribution is 2.39. The van der Waals surface area contributed by atoms with E-state index in [0.29, 0.717) is 33.8 Å². The van der Waals surface area contributed by atoms with Crippen LogP contribution in [0.15, 0.2) is 72.4 Å². The molecule has 0 radical (unpaired) electrons. The van der Waals surface area contributed by atoms with Gasteiger partial charge in [0.2, 0.25) is 0 Å². The van der Waals surface area contributed by atoms with E-state index in [4.69, 9.17) is 0 Å². The van der Waals surface area contributed by atoms with Crippen LogP contribution in [0, 0.1) is 13.8 Å². The number of fused-ring (bicyclic) bond motifs is 3. The van der Waals surface area contributed by atoms with E-state index in [0.717, 1.165) is 21.3 Å². The zero-order valence-corrected chi connectivity index (χ0v) is 19.4. The lowest BCUT2D eigenvalue weighted by Crippen LogP contribution is -2.20. The minimum absolute atomic E-state index is 0.129. The highest BCUT2D eigenvalue weighted by molar-refractivity contribution is 7.17. The van der Waals surface area contributed by atoms with Gasteiger partial charge in [0.15, 0.2) is 11.6 Å². The van der Waals surface area contributed by atoms with E-state index in [1.165, 1.54) is 17.5 Å². The minimum atomic E-state index is -0.145. The van der Waals surface area contributed by atoms with Gasteiger partial charge in [-0.1, -0.05) is 48.0 Å². The summed E-state index contributed by atoms with van der Waals surface area (Å²) in [5, 5.41) is 6.42. The maximum absolute atomic E-state index is 13.1. The zero-order chi connectivity index (χ0) is 23.4. The molecule has 5 nitrogen and oxygen atoms in total. The van der Waals surface area contributed by atoms with Crippen LogP contribution in [0.5, 0.6) is 0 Å². The molecule has 34 heavy (non-hydrogen) atoms. The second-order valence-corrected chi connectivity index (χ2v) is 9.32.